The number of hydrogen-bond acceptors (Lipinski definition) is 4. The van der Waals surface area contributed by atoms with Crippen molar-refractivity contribution in [3.8, 4) is 6.07 Å². The van der Waals surface area contributed by atoms with Crippen LogP contribution in [-0.2, 0) is 10.0 Å². The molecule has 3 aromatic carbocycles. The quantitative estimate of drug-likeness (QED) is 0.677. The van der Waals surface area contributed by atoms with Crippen LogP contribution in [0.4, 0.5) is 10.1 Å². The minimum Gasteiger partial charge on any atom is -0.380 e. The highest BCUT2D eigenvalue weighted by Crippen LogP contribution is 2.34. The van der Waals surface area contributed by atoms with Crippen molar-refractivity contribution in [3.05, 3.63) is 95.8 Å². The van der Waals surface area contributed by atoms with E-state index in [9.17, 15) is 18.1 Å². The predicted octanol–water partition coefficient (Wildman–Crippen LogP) is 3.97. The second-order valence-electron chi connectivity index (χ2n) is 7.20. The highest BCUT2D eigenvalue weighted by Gasteiger charge is 2.40. The van der Waals surface area contributed by atoms with Crippen LogP contribution in [0.15, 0.2) is 83.8 Å². The van der Waals surface area contributed by atoms with Crippen LogP contribution in [0.25, 0.3) is 0 Å². The van der Waals surface area contributed by atoms with Gasteiger partial charge in [-0.2, -0.15) is 9.57 Å². The minimum absolute atomic E-state index is 0.0155. The summed E-state index contributed by atoms with van der Waals surface area (Å²) in [5.74, 6) is -0.427. The first-order chi connectivity index (χ1) is 14.5. The summed E-state index contributed by atoms with van der Waals surface area (Å²) < 4.78 is 41.4. The normalized spacial score (nSPS) is 19.3. The van der Waals surface area contributed by atoms with Gasteiger partial charge in [-0.1, -0.05) is 42.5 Å². The molecule has 0 radical (unpaired) electrons. The lowest BCUT2D eigenvalue weighted by Gasteiger charge is -2.21. The molecule has 0 unspecified atom stereocenters. The molecule has 3 aromatic rings. The minimum atomic E-state index is -3.84. The summed E-state index contributed by atoms with van der Waals surface area (Å²) in [4.78, 5) is 0.0155. The molecule has 30 heavy (non-hydrogen) atoms. The monoisotopic (exact) mass is 421 g/mol. The molecule has 1 fully saturated rings. The Morgan fingerprint density at radius 2 is 1.60 bits per heavy atom. The van der Waals surface area contributed by atoms with Crippen LogP contribution in [0.1, 0.15) is 17.0 Å². The number of anilines is 1. The summed E-state index contributed by atoms with van der Waals surface area (Å²) in [6.07, 6.45) is 0. The summed E-state index contributed by atoms with van der Waals surface area (Å²) >= 11 is 0. The summed E-state index contributed by atoms with van der Waals surface area (Å²) in [6.45, 7) is 0.518. The Kier molecular flexibility index (Phi) is 5.53. The van der Waals surface area contributed by atoms with Crippen LogP contribution in [0.3, 0.4) is 0 Å². The molecule has 0 aliphatic carbocycles. The number of nitriles is 1. The van der Waals surface area contributed by atoms with E-state index in [4.69, 9.17) is 0 Å². The third-order valence-electron chi connectivity index (χ3n) is 5.34. The van der Waals surface area contributed by atoms with Gasteiger partial charge >= 0.3 is 0 Å². The lowest BCUT2D eigenvalue weighted by molar-refractivity contribution is 0.471. The van der Waals surface area contributed by atoms with Gasteiger partial charge in [-0.05, 0) is 42.0 Å². The molecule has 1 saturated heterocycles. The van der Waals surface area contributed by atoms with Crippen molar-refractivity contribution >= 4 is 15.7 Å². The Hall–Kier alpha value is -3.21. The molecule has 0 aromatic heterocycles. The molecule has 2 atom stereocenters. The SMILES string of the molecule is N#Cc1ccccc1S(=O)(=O)N1C[C@H](Nc2ccc(F)cc2)[C@@H](c2ccccc2)C1. The fourth-order valence-electron chi connectivity index (χ4n) is 3.83. The summed E-state index contributed by atoms with van der Waals surface area (Å²) in [5, 5.41) is 12.7. The van der Waals surface area contributed by atoms with Crippen LogP contribution in [0.2, 0.25) is 0 Å². The van der Waals surface area contributed by atoms with E-state index < -0.39 is 10.0 Å². The maximum absolute atomic E-state index is 13.3. The Morgan fingerprint density at radius 1 is 0.933 bits per heavy atom. The molecule has 1 aliphatic rings. The first-order valence-corrected chi connectivity index (χ1v) is 11.0. The molecule has 0 spiro atoms. The summed E-state index contributed by atoms with van der Waals surface area (Å²) in [5.41, 5.74) is 1.87. The fraction of sp³-hybridized carbons (Fsp3) is 0.174. The van der Waals surface area contributed by atoms with Crippen LogP contribution in [0, 0.1) is 17.1 Å². The number of rotatable bonds is 5. The first-order valence-electron chi connectivity index (χ1n) is 9.55. The predicted molar refractivity (Wildman–Crippen MR) is 113 cm³/mol. The van der Waals surface area contributed by atoms with E-state index >= 15 is 0 Å². The average molecular weight is 421 g/mol. The van der Waals surface area contributed by atoms with Crippen molar-refractivity contribution in [2.45, 2.75) is 16.9 Å². The van der Waals surface area contributed by atoms with Crippen LogP contribution < -0.4 is 5.32 Å². The van der Waals surface area contributed by atoms with Gasteiger partial charge in [0.25, 0.3) is 0 Å². The van der Waals surface area contributed by atoms with Crippen molar-refractivity contribution in [1.29, 1.82) is 5.26 Å². The first kappa shape index (κ1) is 20.1. The van der Waals surface area contributed by atoms with E-state index in [0.29, 0.717) is 0 Å². The molecule has 7 heteroatoms. The molecule has 0 bridgehead atoms. The van der Waals surface area contributed by atoms with Gasteiger partial charge in [0, 0.05) is 30.7 Å². The van der Waals surface area contributed by atoms with E-state index in [2.05, 4.69) is 5.32 Å². The van der Waals surface area contributed by atoms with Gasteiger partial charge in [-0.15, -0.1) is 0 Å². The molecule has 1 N–H and O–H groups in total. The van der Waals surface area contributed by atoms with Gasteiger partial charge in [-0.25, -0.2) is 12.8 Å². The van der Waals surface area contributed by atoms with Gasteiger partial charge < -0.3 is 5.32 Å². The van der Waals surface area contributed by atoms with Gasteiger partial charge in [0.15, 0.2) is 0 Å². The van der Waals surface area contributed by atoms with Crippen LogP contribution in [0.5, 0.6) is 0 Å². The molecule has 5 nitrogen and oxygen atoms in total. The van der Waals surface area contributed by atoms with Gasteiger partial charge in [0.05, 0.1) is 10.5 Å². The second kappa shape index (κ2) is 8.27. The number of nitrogens with one attached hydrogen (secondary N) is 1. The third-order valence-corrected chi connectivity index (χ3v) is 7.23. The number of halogens is 1. The van der Waals surface area contributed by atoms with E-state index in [1.807, 2.05) is 36.4 Å². The Bertz CT molecular complexity index is 1180. The number of hydrogen-bond donors (Lipinski definition) is 1. The van der Waals surface area contributed by atoms with E-state index in [0.717, 1.165) is 11.3 Å². The lowest BCUT2D eigenvalue weighted by atomic mass is 9.94. The second-order valence-corrected chi connectivity index (χ2v) is 9.11. The molecule has 0 saturated carbocycles. The summed E-state index contributed by atoms with van der Waals surface area (Å²) in [7, 11) is -3.84. The van der Waals surface area contributed by atoms with Gasteiger partial charge in [0.2, 0.25) is 10.0 Å². The number of benzene rings is 3. The van der Waals surface area contributed by atoms with Crippen molar-refractivity contribution in [2.24, 2.45) is 0 Å². The molecule has 1 heterocycles. The lowest BCUT2D eigenvalue weighted by Crippen LogP contribution is -2.32. The zero-order valence-electron chi connectivity index (χ0n) is 16.1. The maximum atomic E-state index is 13.3. The zero-order chi connectivity index (χ0) is 21.1. The number of sulfonamides is 1. The van der Waals surface area contributed by atoms with E-state index in [1.54, 1.807) is 24.3 Å². The van der Waals surface area contributed by atoms with Crippen molar-refractivity contribution in [3.63, 3.8) is 0 Å². The molecule has 4 rings (SSSR count). The summed E-state index contributed by atoms with van der Waals surface area (Å²) in [6, 6.07) is 23.7. The highest BCUT2D eigenvalue weighted by atomic mass is 32.2. The molecular weight excluding hydrogens is 401 g/mol. The van der Waals surface area contributed by atoms with Crippen molar-refractivity contribution < 1.29 is 12.8 Å². The molecule has 152 valence electrons. The topological polar surface area (TPSA) is 73.2 Å². The van der Waals surface area contributed by atoms with Crippen LogP contribution in [-0.4, -0.2) is 31.9 Å². The average Bonchev–Trinajstić information content (AvgIpc) is 3.20. The third kappa shape index (κ3) is 3.92. The van der Waals surface area contributed by atoms with Crippen molar-refractivity contribution in [1.82, 2.24) is 4.31 Å². The van der Waals surface area contributed by atoms with Crippen LogP contribution >= 0.6 is 0 Å². The zero-order valence-corrected chi connectivity index (χ0v) is 16.9. The van der Waals surface area contributed by atoms with E-state index in [-0.39, 0.29) is 41.3 Å². The van der Waals surface area contributed by atoms with Gasteiger partial charge in [-0.3, -0.25) is 0 Å². The fourth-order valence-corrected chi connectivity index (χ4v) is 5.47. The molecule has 1 aliphatic heterocycles. The Morgan fingerprint density at radius 3 is 2.30 bits per heavy atom. The Labute approximate surface area is 175 Å². The number of nitrogens with zero attached hydrogens (tertiary/aromatic N) is 2. The highest BCUT2D eigenvalue weighted by molar-refractivity contribution is 7.89. The van der Waals surface area contributed by atoms with E-state index in [1.165, 1.54) is 28.6 Å². The smallest absolute Gasteiger partial charge is 0.244 e. The van der Waals surface area contributed by atoms with Crippen molar-refractivity contribution in [2.75, 3.05) is 18.4 Å². The largest absolute Gasteiger partial charge is 0.380 e. The molecular formula is C23H20FN3O2S. The molecule has 0 amide bonds. The standard InChI is InChI=1S/C23H20FN3O2S/c24-19-10-12-20(13-11-19)26-22-16-27(15-21(22)17-6-2-1-3-7-17)30(28,29)23-9-5-4-8-18(23)14-25/h1-13,21-22,26H,15-16H2/t21-,22+/m1/s1. The Balaban J connectivity index is 1.68. The maximum Gasteiger partial charge on any atom is 0.244 e. The van der Waals surface area contributed by atoms with Gasteiger partial charge in [0.1, 0.15) is 11.9 Å².